The van der Waals surface area contributed by atoms with Crippen LogP contribution in [0, 0.1) is 0 Å². The standard InChI is InChI=1S/C25H35BrN4O6S2/c1-6-27-38(33,34)20-13-18(29-25(32)36-15(4)5)11-12-19(20)21-22(26)30-23(37-21)16-7-9-17(10-8-16)28-24(31)35-14(2)3/h11-17,27H,6-10H2,1-5H3,(H,28,31)(H,29,32). The van der Waals surface area contributed by atoms with Crippen molar-refractivity contribution >= 4 is 55.2 Å². The number of nitrogens with zero attached hydrogens (tertiary/aromatic N) is 1. The van der Waals surface area contributed by atoms with Gasteiger partial charge in [0.15, 0.2) is 0 Å². The summed E-state index contributed by atoms with van der Waals surface area (Å²) in [7, 11) is -3.87. The van der Waals surface area contributed by atoms with Crippen LogP contribution in [0.15, 0.2) is 27.7 Å². The molecule has 1 aromatic heterocycles. The molecule has 0 spiro atoms. The molecule has 0 saturated heterocycles. The van der Waals surface area contributed by atoms with Crippen LogP contribution >= 0.6 is 27.3 Å². The Hall–Kier alpha value is -2.22. The van der Waals surface area contributed by atoms with Crippen molar-refractivity contribution in [3.05, 3.63) is 27.8 Å². The molecule has 0 unspecified atom stereocenters. The lowest BCUT2D eigenvalue weighted by Crippen LogP contribution is -2.38. The van der Waals surface area contributed by atoms with Crippen molar-refractivity contribution in [2.75, 3.05) is 11.9 Å². The highest BCUT2D eigenvalue weighted by molar-refractivity contribution is 9.10. The van der Waals surface area contributed by atoms with Crippen molar-refractivity contribution in [3.63, 3.8) is 0 Å². The molecule has 210 valence electrons. The third-order valence-corrected chi connectivity index (χ3v) is 9.46. The summed E-state index contributed by atoms with van der Waals surface area (Å²) in [6.45, 7) is 9.00. The van der Waals surface area contributed by atoms with Gasteiger partial charge in [-0.05, 0) is 81.4 Å². The first-order chi connectivity index (χ1) is 17.9. The number of carbonyl (C=O) groups is 2. The highest BCUT2D eigenvalue weighted by Gasteiger charge is 2.29. The van der Waals surface area contributed by atoms with E-state index >= 15 is 0 Å². The predicted molar refractivity (Wildman–Crippen MR) is 151 cm³/mol. The van der Waals surface area contributed by atoms with E-state index in [4.69, 9.17) is 14.5 Å². The number of hydrogen-bond acceptors (Lipinski definition) is 8. The Kier molecular flexibility index (Phi) is 10.6. The van der Waals surface area contributed by atoms with Crippen molar-refractivity contribution in [1.29, 1.82) is 0 Å². The van der Waals surface area contributed by atoms with Crippen LogP contribution in [0.1, 0.15) is 71.2 Å². The van der Waals surface area contributed by atoms with Gasteiger partial charge in [-0.15, -0.1) is 11.3 Å². The fourth-order valence-corrected chi connectivity index (χ4v) is 7.47. The molecule has 1 fully saturated rings. The third-order valence-electron chi connectivity index (χ3n) is 5.78. The molecule has 1 aromatic carbocycles. The van der Waals surface area contributed by atoms with Gasteiger partial charge >= 0.3 is 12.2 Å². The van der Waals surface area contributed by atoms with E-state index in [0.29, 0.717) is 20.7 Å². The molecule has 13 heteroatoms. The molecule has 0 aliphatic heterocycles. The number of ether oxygens (including phenoxy) is 2. The van der Waals surface area contributed by atoms with Gasteiger partial charge in [-0.3, -0.25) is 5.32 Å². The summed E-state index contributed by atoms with van der Waals surface area (Å²) in [5.41, 5.74) is 0.787. The van der Waals surface area contributed by atoms with Crippen LogP contribution in [0.2, 0.25) is 0 Å². The summed E-state index contributed by atoms with van der Waals surface area (Å²) >= 11 is 4.98. The van der Waals surface area contributed by atoms with Crippen LogP contribution in [0.5, 0.6) is 0 Å². The van der Waals surface area contributed by atoms with Gasteiger partial charge in [0, 0.05) is 29.8 Å². The van der Waals surface area contributed by atoms with E-state index in [-0.39, 0.29) is 35.6 Å². The van der Waals surface area contributed by atoms with Crippen molar-refractivity contribution < 1.29 is 27.5 Å². The molecule has 3 N–H and O–H groups in total. The van der Waals surface area contributed by atoms with Crippen LogP contribution in [-0.2, 0) is 19.5 Å². The molecule has 1 heterocycles. The fraction of sp³-hybridized carbons (Fsp3) is 0.560. The number of aromatic nitrogens is 1. The Bertz CT molecular complexity index is 1240. The average Bonchev–Trinajstić information content (AvgIpc) is 3.19. The molecule has 0 atom stereocenters. The lowest BCUT2D eigenvalue weighted by Gasteiger charge is -2.28. The molecule has 10 nitrogen and oxygen atoms in total. The van der Waals surface area contributed by atoms with E-state index in [1.54, 1.807) is 32.9 Å². The van der Waals surface area contributed by atoms with E-state index in [0.717, 1.165) is 30.7 Å². The van der Waals surface area contributed by atoms with Crippen molar-refractivity contribution in [3.8, 4) is 10.4 Å². The zero-order valence-electron chi connectivity index (χ0n) is 22.2. The van der Waals surface area contributed by atoms with Gasteiger partial charge in [0.1, 0.15) is 4.60 Å². The van der Waals surface area contributed by atoms with Gasteiger partial charge < -0.3 is 14.8 Å². The first-order valence-electron chi connectivity index (χ1n) is 12.6. The number of benzene rings is 1. The van der Waals surface area contributed by atoms with Gasteiger partial charge in [0.05, 0.1) is 27.0 Å². The van der Waals surface area contributed by atoms with E-state index < -0.39 is 22.2 Å². The number of thiazole rings is 1. The van der Waals surface area contributed by atoms with Crippen molar-refractivity contribution in [1.82, 2.24) is 15.0 Å². The van der Waals surface area contributed by atoms with E-state index in [1.807, 2.05) is 13.8 Å². The molecule has 2 aromatic rings. The minimum Gasteiger partial charge on any atom is -0.447 e. The minimum atomic E-state index is -3.87. The smallest absolute Gasteiger partial charge is 0.411 e. The van der Waals surface area contributed by atoms with Gasteiger partial charge in [-0.2, -0.15) is 0 Å². The van der Waals surface area contributed by atoms with Gasteiger partial charge in [0.2, 0.25) is 10.0 Å². The van der Waals surface area contributed by atoms with Crippen molar-refractivity contribution in [2.24, 2.45) is 0 Å². The van der Waals surface area contributed by atoms with Gasteiger partial charge in [-0.25, -0.2) is 27.7 Å². The first kappa shape index (κ1) is 30.3. The Labute approximate surface area is 236 Å². The third kappa shape index (κ3) is 8.14. The van der Waals surface area contributed by atoms with E-state index in [9.17, 15) is 18.0 Å². The predicted octanol–water partition coefficient (Wildman–Crippen LogP) is 5.99. The minimum absolute atomic E-state index is 0.0363. The molecule has 1 aliphatic rings. The second-order valence-electron chi connectivity index (χ2n) is 9.61. The van der Waals surface area contributed by atoms with E-state index in [2.05, 4.69) is 31.3 Å². The number of anilines is 1. The summed E-state index contributed by atoms with van der Waals surface area (Å²) in [6.07, 6.45) is 1.75. The molecule has 1 aliphatic carbocycles. The number of nitrogens with one attached hydrogen (secondary N) is 3. The fourth-order valence-electron chi connectivity index (χ4n) is 4.20. The zero-order valence-corrected chi connectivity index (χ0v) is 25.4. The van der Waals surface area contributed by atoms with Gasteiger partial charge in [0.25, 0.3) is 0 Å². The highest BCUT2D eigenvalue weighted by atomic mass is 79.9. The highest BCUT2D eigenvalue weighted by Crippen LogP contribution is 2.43. The second kappa shape index (κ2) is 13.2. The molecule has 1 saturated carbocycles. The summed E-state index contributed by atoms with van der Waals surface area (Å²) in [6, 6.07) is 4.78. The van der Waals surface area contributed by atoms with E-state index in [1.165, 1.54) is 17.4 Å². The quantitative estimate of drug-likeness (QED) is 0.310. The number of halogens is 1. The number of sulfonamides is 1. The summed E-state index contributed by atoms with van der Waals surface area (Å²) in [5, 5.41) is 6.43. The number of hydrogen-bond donors (Lipinski definition) is 3. The SMILES string of the molecule is CCNS(=O)(=O)c1cc(NC(=O)OC(C)C)ccc1-c1sc(C2CCC(NC(=O)OC(C)C)CC2)nc1Br. The Balaban J connectivity index is 1.83. The van der Waals surface area contributed by atoms with Crippen molar-refractivity contribution in [2.45, 2.75) is 89.4 Å². The van der Waals surface area contributed by atoms with Crippen LogP contribution in [-0.4, -0.2) is 50.4 Å². The Morgan fingerprint density at radius 2 is 1.71 bits per heavy atom. The maximum absolute atomic E-state index is 13.1. The molecular formula is C25H35BrN4O6S2. The molecule has 0 radical (unpaired) electrons. The molecule has 2 amide bonds. The van der Waals surface area contributed by atoms with Crippen LogP contribution in [0.3, 0.4) is 0 Å². The maximum Gasteiger partial charge on any atom is 0.411 e. The summed E-state index contributed by atoms with van der Waals surface area (Å²) in [5.74, 6) is 0.199. The molecule has 38 heavy (non-hydrogen) atoms. The lowest BCUT2D eigenvalue weighted by molar-refractivity contribution is 0.109. The Morgan fingerprint density at radius 1 is 1.08 bits per heavy atom. The summed E-state index contributed by atoms with van der Waals surface area (Å²) in [4.78, 5) is 29.5. The topological polar surface area (TPSA) is 136 Å². The first-order valence-corrected chi connectivity index (χ1v) is 15.7. The number of rotatable bonds is 9. The summed E-state index contributed by atoms with van der Waals surface area (Å²) < 4.78 is 39.6. The molecule has 0 bridgehead atoms. The monoisotopic (exact) mass is 630 g/mol. The number of alkyl carbamates (subject to hydrolysis) is 1. The van der Waals surface area contributed by atoms with Crippen LogP contribution in [0.4, 0.5) is 15.3 Å². The number of carbonyl (C=O) groups excluding carboxylic acids is 2. The molecular weight excluding hydrogens is 596 g/mol. The van der Waals surface area contributed by atoms with Crippen LogP contribution < -0.4 is 15.4 Å². The Morgan fingerprint density at radius 3 is 2.32 bits per heavy atom. The van der Waals surface area contributed by atoms with Gasteiger partial charge in [-0.1, -0.05) is 13.0 Å². The largest absolute Gasteiger partial charge is 0.447 e. The normalized spacial score (nSPS) is 17.9. The zero-order chi connectivity index (χ0) is 28.0. The average molecular weight is 632 g/mol. The lowest BCUT2D eigenvalue weighted by atomic mass is 9.86. The maximum atomic E-state index is 13.1. The second-order valence-corrected chi connectivity index (χ2v) is 13.1. The van der Waals surface area contributed by atoms with Crippen LogP contribution in [0.25, 0.3) is 10.4 Å². The molecule has 3 rings (SSSR count). The number of amides is 2.